The molecule has 104 valence electrons. The number of ether oxygens (including phenoxy) is 1. The van der Waals surface area contributed by atoms with Crippen molar-refractivity contribution in [2.75, 3.05) is 19.7 Å². The molecular weight excluding hydrogens is 240 g/mol. The van der Waals surface area contributed by atoms with Gasteiger partial charge in [-0.25, -0.2) is 0 Å². The van der Waals surface area contributed by atoms with Crippen LogP contribution in [0.3, 0.4) is 0 Å². The van der Waals surface area contributed by atoms with Gasteiger partial charge in [0, 0.05) is 12.6 Å². The summed E-state index contributed by atoms with van der Waals surface area (Å²) in [6.45, 7) is 5.54. The fourth-order valence-corrected chi connectivity index (χ4v) is 2.28. The molecule has 0 saturated carbocycles. The molecule has 0 aromatic heterocycles. The molecule has 2 rings (SSSR count). The van der Waals surface area contributed by atoms with E-state index in [1.165, 1.54) is 11.1 Å². The Bertz CT molecular complexity index is 432. The molecule has 0 spiro atoms. The lowest BCUT2D eigenvalue weighted by molar-refractivity contribution is -0.127. The lowest BCUT2D eigenvalue weighted by Gasteiger charge is -2.27. The molecule has 19 heavy (non-hydrogen) atoms. The maximum absolute atomic E-state index is 11.6. The highest BCUT2D eigenvalue weighted by atomic mass is 16.5. The SMILES string of the molecule is CC(C)OCC(=O)NCC1NCCc2ccccc21. The van der Waals surface area contributed by atoms with Gasteiger partial charge >= 0.3 is 0 Å². The van der Waals surface area contributed by atoms with Gasteiger partial charge in [0.15, 0.2) is 0 Å². The minimum absolute atomic E-state index is 0.0569. The smallest absolute Gasteiger partial charge is 0.246 e. The van der Waals surface area contributed by atoms with Crippen LogP contribution in [0.4, 0.5) is 0 Å². The molecule has 1 unspecified atom stereocenters. The molecular formula is C15H22N2O2. The monoisotopic (exact) mass is 262 g/mol. The Kier molecular flexibility index (Phi) is 4.93. The van der Waals surface area contributed by atoms with E-state index in [0.717, 1.165) is 13.0 Å². The summed E-state index contributed by atoms with van der Waals surface area (Å²) in [6.07, 6.45) is 1.14. The topological polar surface area (TPSA) is 50.4 Å². The van der Waals surface area contributed by atoms with Gasteiger partial charge in [-0.1, -0.05) is 24.3 Å². The van der Waals surface area contributed by atoms with Gasteiger partial charge < -0.3 is 15.4 Å². The van der Waals surface area contributed by atoms with Gasteiger partial charge in [0.25, 0.3) is 0 Å². The summed E-state index contributed by atoms with van der Waals surface area (Å²) in [5, 5.41) is 6.36. The first-order chi connectivity index (χ1) is 9.16. The molecule has 1 aromatic carbocycles. The minimum atomic E-state index is -0.0569. The highest BCUT2D eigenvalue weighted by Gasteiger charge is 2.19. The average molecular weight is 262 g/mol. The third-order valence-electron chi connectivity index (χ3n) is 3.27. The van der Waals surface area contributed by atoms with Crippen LogP contribution in [0.25, 0.3) is 0 Å². The van der Waals surface area contributed by atoms with Crippen molar-refractivity contribution in [3.8, 4) is 0 Å². The van der Waals surface area contributed by atoms with E-state index < -0.39 is 0 Å². The molecule has 4 heteroatoms. The second kappa shape index (κ2) is 6.68. The molecule has 1 aliphatic rings. The van der Waals surface area contributed by atoms with Crippen molar-refractivity contribution in [3.05, 3.63) is 35.4 Å². The first-order valence-electron chi connectivity index (χ1n) is 6.86. The van der Waals surface area contributed by atoms with Gasteiger partial charge in [0.2, 0.25) is 5.91 Å². The summed E-state index contributed by atoms with van der Waals surface area (Å²) in [6, 6.07) is 8.60. The van der Waals surface area contributed by atoms with Gasteiger partial charge in [-0.15, -0.1) is 0 Å². The molecule has 0 saturated heterocycles. The van der Waals surface area contributed by atoms with E-state index in [-0.39, 0.29) is 24.7 Å². The summed E-state index contributed by atoms with van der Waals surface area (Å²) >= 11 is 0. The van der Waals surface area contributed by atoms with Crippen LogP contribution in [0.2, 0.25) is 0 Å². The predicted octanol–water partition coefficient (Wildman–Crippen LogP) is 1.41. The number of rotatable bonds is 5. The molecule has 0 aliphatic carbocycles. The van der Waals surface area contributed by atoms with Gasteiger partial charge in [-0.2, -0.15) is 0 Å². The molecule has 1 heterocycles. The van der Waals surface area contributed by atoms with Crippen LogP contribution in [0.15, 0.2) is 24.3 Å². The highest BCUT2D eigenvalue weighted by Crippen LogP contribution is 2.21. The summed E-state index contributed by atoms with van der Waals surface area (Å²) in [5.74, 6) is -0.0569. The molecule has 1 aromatic rings. The number of benzene rings is 1. The Hall–Kier alpha value is -1.39. The Morgan fingerprint density at radius 2 is 2.26 bits per heavy atom. The van der Waals surface area contributed by atoms with Crippen LogP contribution >= 0.6 is 0 Å². The summed E-state index contributed by atoms with van der Waals surface area (Å²) in [7, 11) is 0. The fraction of sp³-hybridized carbons (Fsp3) is 0.533. The van der Waals surface area contributed by atoms with E-state index in [4.69, 9.17) is 4.74 Å². The van der Waals surface area contributed by atoms with E-state index >= 15 is 0 Å². The molecule has 0 radical (unpaired) electrons. The van der Waals surface area contributed by atoms with Crippen LogP contribution in [0.5, 0.6) is 0 Å². The maximum Gasteiger partial charge on any atom is 0.246 e. The number of nitrogens with one attached hydrogen (secondary N) is 2. The molecule has 0 bridgehead atoms. The zero-order chi connectivity index (χ0) is 13.7. The molecule has 1 atom stereocenters. The summed E-state index contributed by atoms with van der Waals surface area (Å²) < 4.78 is 5.28. The largest absolute Gasteiger partial charge is 0.369 e. The van der Waals surface area contributed by atoms with E-state index in [9.17, 15) is 4.79 Å². The lowest BCUT2D eigenvalue weighted by atomic mass is 9.94. The number of hydrogen-bond acceptors (Lipinski definition) is 3. The van der Waals surface area contributed by atoms with Gasteiger partial charge in [-0.3, -0.25) is 4.79 Å². The third-order valence-corrected chi connectivity index (χ3v) is 3.27. The molecule has 4 nitrogen and oxygen atoms in total. The standard InChI is InChI=1S/C15H22N2O2/c1-11(2)19-10-15(18)17-9-14-13-6-4-3-5-12(13)7-8-16-14/h3-6,11,14,16H,7-10H2,1-2H3,(H,17,18). The molecule has 2 N–H and O–H groups in total. The van der Waals surface area contributed by atoms with E-state index in [1.807, 2.05) is 19.9 Å². The van der Waals surface area contributed by atoms with Crippen molar-refractivity contribution in [1.29, 1.82) is 0 Å². The Balaban J connectivity index is 1.86. The number of carbonyl (C=O) groups excluding carboxylic acids is 1. The summed E-state index contributed by atoms with van der Waals surface area (Å²) in [5.41, 5.74) is 2.66. The van der Waals surface area contributed by atoms with Gasteiger partial charge in [-0.05, 0) is 37.9 Å². The van der Waals surface area contributed by atoms with Crippen LogP contribution in [0, 0.1) is 0 Å². The lowest BCUT2D eigenvalue weighted by Crippen LogP contribution is -2.40. The molecule has 1 aliphatic heterocycles. The van der Waals surface area contributed by atoms with Crippen molar-refractivity contribution < 1.29 is 9.53 Å². The first-order valence-corrected chi connectivity index (χ1v) is 6.86. The zero-order valence-corrected chi connectivity index (χ0v) is 11.6. The predicted molar refractivity (Wildman–Crippen MR) is 75.0 cm³/mol. The second-order valence-corrected chi connectivity index (χ2v) is 5.12. The van der Waals surface area contributed by atoms with Gasteiger partial charge in [0.05, 0.1) is 6.10 Å². The van der Waals surface area contributed by atoms with Crippen LogP contribution < -0.4 is 10.6 Å². The average Bonchev–Trinajstić information content (AvgIpc) is 2.42. The number of fused-ring (bicyclic) bond motifs is 1. The Morgan fingerprint density at radius 3 is 3.05 bits per heavy atom. The number of hydrogen-bond donors (Lipinski definition) is 2. The summed E-state index contributed by atoms with van der Waals surface area (Å²) in [4.78, 5) is 11.6. The quantitative estimate of drug-likeness (QED) is 0.843. The van der Waals surface area contributed by atoms with Crippen molar-refractivity contribution in [3.63, 3.8) is 0 Å². The number of amides is 1. The van der Waals surface area contributed by atoms with Crippen LogP contribution in [-0.4, -0.2) is 31.7 Å². The van der Waals surface area contributed by atoms with Gasteiger partial charge in [0.1, 0.15) is 6.61 Å². The first kappa shape index (κ1) is 14.0. The second-order valence-electron chi connectivity index (χ2n) is 5.12. The third kappa shape index (κ3) is 4.04. The molecule has 1 amide bonds. The Morgan fingerprint density at radius 1 is 1.47 bits per heavy atom. The fourth-order valence-electron chi connectivity index (χ4n) is 2.28. The minimum Gasteiger partial charge on any atom is -0.369 e. The van der Waals surface area contributed by atoms with Crippen molar-refractivity contribution in [2.24, 2.45) is 0 Å². The number of carbonyl (C=O) groups is 1. The maximum atomic E-state index is 11.6. The highest BCUT2D eigenvalue weighted by molar-refractivity contribution is 5.77. The van der Waals surface area contributed by atoms with E-state index in [1.54, 1.807) is 0 Å². The van der Waals surface area contributed by atoms with Crippen LogP contribution in [-0.2, 0) is 16.0 Å². The zero-order valence-electron chi connectivity index (χ0n) is 11.6. The van der Waals surface area contributed by atoms with Crippen molar-refractivity contribution in [1.82, 2.24) is 10.6 Å². The normalized spacial score (nSPS) is 18.2. The van der Waals surface area contributed by atoms with E-state index in [2.05, 4.69) is 28.8 Å². The molecule has 0 fully saturated rings. The Labute approximate surface area is 114 Å². The van der Waals surface area contributed by atoms with E-state index in [0.29, 0.717) is 6.54 Å². The van der Waals surface area contributed by atoms with Crippen molar-refractivity contribution in [2.45, 2.75) is 32.4 Å². The van der Waals surface area contributed by atoms with Crippen molar-refractivity contribution >= 4 is 5.91 Å². The van der Waals surface area contributed by atoms with Crippen LogP contribution in [0.1, 0.15) is 31.0 Å².